The predicted molar refractivity (Wildman–Crippen MR) is 118 cm³/mol. The number of aryl methyl sites for hydroxylation is 1. The van der Waals surface area contributed by atoms with E-state index in [-0.39, 0.29) is 14.7 Å². The Morgan fingerprint density at radius 2 is 1.06 bits per heavy atom. The minimum Gasteiger partial charge on any atom is -0.379 e. The monoisotopic (exact) mass is 457 g/mol. The zero-order valence-corrected chi connectivity index (χ0v) is 18.7. The summed E-state index contributed by atoms with van der Waals surface area (Å²) in [5.74, 6) is 0. The molecule has 0 atom stereocenters. The van der Waals surface area contributed by atoms with Crippen molar-refractivity contribution in [1.82, 2.24) is 4.31 Å². The van der Waals surface area contributed by atoms with Gasteiger partial charge in [-0.1, -0.05) is 42.0 Å². The van der Waals surface area contributed by atoms with Crippen LogP contribution in [0.5, 0.6) is 0 Å². The van der Waals surface area contributed by atoms with Crippen molar-refractivity contribution < 1.29 is 21.6 Å². The van der Waals surface area contributed by atoms with Gasteiger partial charge in [-0.25, -0.2) is 16.8 Å². The molecule has 0 bridgehead atoms. The molecule has 1 heterocycles. The molecule has 8 heteroatoms. The highest BCUT2D eigenvalue weighted by molar-refractivity contribution is 7.91. The van der Waals surface area contributed by atoms with Gasteiger partial charge in [0.25, 0.3) is 0 Å². The minimum atomic E-state index is -3.59. The van der Waals surface area contributed by atoms with Gasteiger partial charge in [-0.2, -0.15) is 4.31 Å². The number of sulfone groups is 1. The average Bonchev–Trinajstić information content (AvgIpc) is 2.80. The highest BCUT2D eigenvalue weighted by atomic mass is 32.2. The fourth-order valence-electron chi connectivity index (χ4n) is 3.44. The molecule has 0 spiro atoms. The Balaban J connectivity index is 1.56. The van der Waals surface area contributed by atoms with Crippen molar-refractivity contribution in [3.8, 4) is 11.1 Å². The number of ether oxygens (including phenoxy) is 1. The molecule has 0 radical (unpaired) electrons. The van der Waals surface area contributed by atoms with E-state index >= 15 is 0 Å². The number of hydrogen-bond donors (Lipinski definition) is 0. The van der Waals surface area contributed by atoms with Gasteiger partial charge in [-0.3, -0.25) is 0 Å². The third-order valence-electron chi connectivity index (χ3n) is 5.29. The SMILES string of the molecule is Cc1ccc(S(=O)(=O)c2ccc(-c3ccc(S(=O)(=O)N4CCOCC4)cc3)cc2)cc1. The Labute approximate surface area is 183 Å². The Hall–Kier alpha value is -2.52. The first-order valence-corrected chi connectivity index (χ1v) is 12.8. The summed E-state index contributed by atoms with van der Waals surface area (Å²) < 4.78 is 57.8. The molecule has 1 fully saturated rings. The van der Waals surface area contributed by atoms with Crippen LogP contribution in [0.1, 0.15) is 5.56 Å². The van der Waals surface area contributed by atoms with Crippen LogP contribution in [0.25, 0.3) is 11.1 Å². The van der Waals surface area contributed by atoms with Gasteiger partial charge in [0, 0.05) is 13.1 Å². The third-order valence-corrected chi connectivity index (χ3v) is 8.99. The van der Waals surface area contributed by atoms with E-state index in [2.05, 4.69) is 0 Å². The fourth-order valence-corrected chi connectivity index (χ4v) is 6.10. The van der Waals surface area contributed by atoms with Gasteiger partial charge in [-0.05, 0) is 54.4 Å². The van der Waals surface area contributed by atoms with Crippen molar-refractivity contribution in [3.05, 3.63) is 78.4 Å². The van der Waals surface area contributed by atoms with Crippen molar-refractivity contribution >= 4 is 19.9 Å². The van der Waals surface area contributed by atoms with Crippen LogP contribution in [0.2, 0.25) is 0 Å². The standard InChI is InChI=1S/C23H23NO5S2/c1-18-2-8-21(9-3-18)30(25,26)22-10-4-19(5-11-22)20-6-12-23(13-7-20)31(27,28)24-14-16-29-17-15-24/h2-13H,14-17H2,1H3. The number of hydrogen-bond acceptors (Lipinski definition) is 5. The summed E-state index contributed by atoms with van der Waals surface area (Å²) in [4.78, 5) is 0.701. The van der Waals surface area contributed by atoms with E-state index in [0.717, 1.165) is 16.7 Å². The van der Waals surface area contributed by atoms with E-state index < -0.39 is 19.9 Å². The molecule has 1 aliphatic heterocycles. The van der Waals surface area contributed by atoms with Crippen molar-refractivity contribution in [1.29, 1.82) is 0 Å². The summed E-state index contributed by atoms with van der Waals surface area (Å²) in [5, 5.41) is 0. The second-order valence-corrected chi connectivity index (χ2v) is 11.3. The molecule has 31 heavy (non-hydrogen) atoms. The molecular formula is C23H23NO5S2. The Kier molecular flexibility index (Phi) is 5.98. The molecule has 0 N–H and O–H groups in total. The number of benzene rings is 3. The van der Waals surface area contributed by atoms with Gasteiger partial charge >= 0.3 is 0 Å². The van der Waals surface area contributed by atoms with E-state index in [1.807, 2.05) is 6.92 Å². The van der Waals surface area contributed by atoms with Crippen LogP contribution in [-0.4, -0.2) is 47.4 Å². The van der Waals surface area contributed by atoms with Gasteiger partial charge in [0.2, 0.25) is 19.9 Å². The molecule has 0 aromatic heterocycles. The largest absolute Gasteiger partial charge is 0.379 e. The topological polar surface area (TPSA) is 80.8 Å². The van der Waals surface area contributed by atoms with Crippen LogP contribution < -0.4 is 0 Å². The Bertz CT molecular complexity index is 1260. The summed E-state index contributed by atoms with van der Waals surface area (Å²) in [7, 11) is -7.14. The Morgan fingerprint density at radius 3 is 1.55 bits per heavy atom. The van der Waals surface area contributed by atoms with Gasteiger partial charge in [-0.15, -0.1) is 0 Å². The zero-order chi connectivity index (χ0) is 22.1. The quantitative estimate of drug-likeness (QED) is 0.586. The lowest BCUT2D eigenvalue weighted by molar-refractivity contribution is 0.0730. The second-order valence-electron chi connectivity index (χ2n) is 7.38. The number of nitrogens with zero attached hydrogens (tertiary/aromatic N) is 1. The normalized spacial score (nSPS) is 15.6. The second kappa shape index (κ2) is 8.55. The molecule has 3 aromatic carbocycles. The van der Waals surface area contributed by atoms with E-state index in [1.54, 1.807) is 72.8 Å². The maximum atomic E-state index is 12.8. The molecule has 0 aliphatic carbocycles. The maximum Gasteiger partial charge on any atom is 0.243 e. The molecule has 6 nitrogen and oxygen atoms in total. The van der Waals surface area contributed by atoms with E-state index in [0.29, 0.717) is 26.3 Å². The van der Waals surface area contributed by atoms with E-state index in [1.165, 1.54) is 4.31 Å². The summed E-state index contributed by atoms with van der Waals surface area (Å²) in [6, 6.07) is 20.0. The first-order chi connectivity index (χ1) is 14.8. The predicted octanol–water partition coefficient (Wildman–Crippen LogP) is 3.52. The van der Waals surface area contributed by atoms with Crippen molar-refractivity contribution in [2.45, 2.75) is 21.6 Å². The molecular weight excluding hydrogens is 434 g/mol. The van der Waals surface area contributed by atoms with Gasteiger partial charge in [0.1, 0.15) is 0 Å². The molecule has 0 saturated carbocycles. The van der Waals surface area contributed by atoms with Gasteiger partial charge in [0.15, 0.2) is 0 Å². The molecule has 1 aliphatic rings. The summed E-state index contributed by atoms with van der Waals surface area (Å²) >= 11 is 0. The van der Waals surface area contributed by atoms with Crippen LogP contribution in [0, 0.1) is 6.92 Å². The van der Waals surface area contributed by atoms with Crippen molar-refractivity contribution in [2.24, 2.45) is 0 Å². The highest BCUT2D eigenvalue weighted by Gasteiger charge is 2.26. The summed E-state index contributed by atoms with van der Waals surface area (Å²) in [5.41, 5.74) is 2.60. The summed E-state index contributed by atoms with van der Waals surface area (Å²) in [6.45, 7) is 3.40. The van der Waals surface area contributed by atoms with Crippen molar-refractivity contribution in [3.63, 3.8) is 0 Å². The molecule has 162 valence electrons. The molecule has 4 rings (SSSR count). The molecule has 3 aromatic rings. The molecule has 0 unspecified atom stereocenters. The smallest absolute Gasteiger partial charge is 0.243 e. The van der Waals surface area contributed by atoms with Crippen LogP contribution in [0.15, 0.2) is 87.5 Å². The van der Waals surface area contributed by atoms with E-state index in [4.69, 9.17) is 4.74 Å². The van der Waals surface area contributed by atoms with Crippen LogP contribution >= 0.6 is 0 Å². The van der Waals surface area contributed by atoms with Crippen LogP contribution in [0.3, 0.4) is 0 Å². The lowest BCUT2D eigenvalue weighted by Gasteiger charge is -2.26. The Morgan fingerprint density at radius 1 is 0.645 bits per heavy atom. The highest BCUT2D eigenvalue weighted by Crippen LogP contribution is 2.27. The number of morpholine rings is 1. The molecule has 1 saturated heterocycles. The zero-order valence-electron chi connectivity index (χ0n) is 17.1. The number of sulfonamides is 1. The molecule has 0 amide bonds. The minimum absolute atomic E-state index is 0.214. The van der Waals surface area contributed by atoms with Crippen LogP contribution in [0.4, 0.5) is 0 Å². The first kappa shape index (κ1) is 21.7. The third kappa shape index (κ3) is 4.43. The average molecular weight is 458 g/mol. The van der Waals surface area contributed by atoms with Crippen molar-refractivity contribution in [2.75, 3.05) is 26.3 Å². The van der Waals surface area contributed by atoms with E-state index in [9.17, 15) is 16.8 Å². The van der Waals surface area contributed by atoms with Crippen LogP contribution in [-0.2, 0) is 24.6 Å². The first-order valence-electron chi connectivity index (χ1n) is 9.89. The lowest BCUT2D eigenvalue weighted by atomic mass is 10.1. The number of rotatable bonds is 5. The maximum absolute atomic E-state index is 12.8. The fraction of sp³-hybridized carbons (Fsp3) is 0.217. The lowest BCUT2D eigenvalue weighted by Crippen LogP contribution is -2.40. The van der Waals surface area contributed by atoms with Gasteiger partial charge < -0.3 is 4.74 Å². The summed E-state index contributed by atoms with van der Waals surface area (Å²) in [6.07, 6.45) is 0. The van der Waals surface area contributed by atoms with Gasteiger partial charge in [0.05, 0.1) is 27.9 Å².